The minimum absolute atomic E-state index is 0.660. The maximum atomic E-state index is 9.16. The third kappa shape index (κ3) is 5.47. The van der Waals surface area contributed by atoms with Crippen molar-refractivity contribution in [3.63, 3.8) is 0 Å². The Hall–Kier alpha value is -1.10. The molecule has 0 spiro atoms. The van der Waals surface area contributed by atoms with Crippen LogP contribution >= 0.6 is 15.9 Å². The summed E-state index contributed by atoms with van der Waals surface area (Å²) in [5, 5.41) is 18.3. The van der Waals surface area contributed by atoms with Crippen molar-refractivity contribution in [1.29, 1.82) is 0 Å². The first-order chi connectivity index (χ1) is 11.2. The van der Waals surface area contributed by atoms with Gasteiger partial charge in [-0.05, 0) is 62.7 Å². The van der Waals surface area contributed by atoms with Crippen molar-refractivity contribution in [2.24, 2.45) is 0 Å². The van der Waals surface area contributed by atoms with Crippen molar-refractivity contribution in [3.8, 4) is 0 Å². The van der Waals surface area contributed by atoms with Crippen molar-refractivity contribution in [2.75, 3.05) is 0 Å². The minimum atomic E-state index is -1.35. The fraction of sp³-hybridized carbons (Fsp3) is 0.400. The summed E-state index contributed by atoms with van der Waals surface area (Å²) in [6.07, 6.45) is 1.93. The van der Waals surface area contributed by atoms with Gasteiger partial charge in [-0.25, -0.2) is 0 Å². The summed E-state index contributed by atoms with van der Waals surface area (Å²) >= 11 is 3.57. The third-order valence-corrected chi connectivity index (χ3v) is 5.25. The van der Waals surface area contributed by atoms with Gasteiger partial charge < -0.3 is 10.0 Å². The van der Waals surface area contributed by atoms with Crippen LogP contribution in [-0.4, -0.2) is 17.2 Å². The van der Waals surface area contributed by atoms with Crippen LogP contribution in [0.15, 0.2) is 28.7 Å². The molecule has 0 saturated heterocycles. The van der Waals surface area contributed by atoms with Gasteiger partial charge in [0, 0.05) is 4.47 Å². The largest absolute Gasteiger partial charge is 0.488 e. The Morgan fingerprint density at radius 2 is 1.25 bits per heavy atom. The summed E-state index contributed by atoms with van der Waals surface area (Å²) in [6, 6.07) is 8.40. The monoisotopic (exact) mass is 390 g/mol. The van der Waals surface area contributed by atoms with Crippen LogP contribution in [0.3, 0.4) is 0 Å². The molecule has 0 radical (unpaired) electrons. The molecule has 2 rings (SSSR count). The molecular weight excluding hydrogens is 363 g/mol. The van der Waals surface area contributed by atoms with Crippen LogP contribution in [0.25, 0.3) is 0 Å². The molecule has 0 bridgehead atoms. The van der Waals surface area contributed by atoms with Gasteiger partial charge in [0.2, 0.25) is 0 Å². The van der Waals surface area contributed by atoms with Gasteiger partial charge in [-0.1, -0.05) is 70.7 Å². The molecular formula is C20H28BBrO2. The zero-order valence-corrected chi connectivity index (χ0v) is 17.2. The van der Waals surface area contributed by atoms with Crippen molar-refractivity contribution in [2.45, 2.75) is 54.4 Å². The topological polar surface area (TPSA) is 40.5 Å². The Morgan fingerprint density at radius 1 is 0.792 bits per heavy atom. The Bertz CT molecular complexity index is 697. The molecule has 2 nitrogen and oxygen atoms in total. The van der Waals surface area contributed by atoms with Gasteiger partial charge in [-0.3, -0.25) is 0 Å². The van der Waals surface area contributed by atoms with E-state index in [0.717, 1.165) is 24.0 Å². The number of aryl methyl sites for hydroxylation is 6. The van der Waals surface area contributed by atoms with E-state index in [1.807, 2.05) is 32.9 Å². The fourth-order valence-corrected chi connectivity index (χ4v) is 3.53. The van der Waals surface area contributed by atoms with Crippen molar-refractivity contribution in [3.05, 3.63) is 62.1 Å². The summed E-state index contributed by atoms with van der Waals surface area (Å²) in [7, 11) is -1.35. The highest BCUT2D eigenvalue weighted by molar-refractivity contribution is 9.10. The highest BCUT2D eigenvalue weighted by Gasteiger charge is 2.17. The highest BCUT2D eigenvalue weighted by Crippen LogP contribution is 2.23. The molecule has 130 valence electrons. The molecule has 0 aliphatic heterocycles. The molecule has 0 aromatic heterocycles. The molecule has 4 heteroatoms. The molecule has 2 aromatic rings. The van der Waals surface area contributed by atoms with Crippen molar-refractivity contribution in [1.82, 2.24) is 0 Å². The summed E-state index contributed by atoms with van der Waals surface area (Å²) in [4.78, 5) is 0. The molecule has 0 unspecified atom stereocenters. The summed E-state index contributed by atoms with van der Waals surface area (Å²) < 4.78 is 1.27. The van der Waals surface area contributed by atoms with Gasteiger partial charge in [0.25, 0.3) is 0 Å². The van der Waals surface area contributed by atoms with Crippen LogP contribution in [0.1, 0.15) is 47.2 Å². The zero-order chi connectivity index (χ0) is 18.4. The minimum Gasteiger partial charge on any atom is -0.423 e. The number of benzene rings is 2. The standard InChI is InChI=1S/C10H15BO2.C10H13Br/c1-4-9-6-7(2)5-8(3)10(9)11(12)13;1-4-9-6-7(2)5-8(3)10(9)11/h5-6,12-13H,4H2,1-3H3;5-6H,4H2,1-3H3. The lowest BCUT2D eigenvalue weighted by Crippen LogP contribution is -2.35. The molecule has 0 amide bonds. The molecule has 24 heavy (non-hydrogen) atoms. The molecule has 0 aliphatic rings. The first-order valence-electron chi connectivity index (χ1n) is 8.42. The maximum Gasteiger partial charge on any atom is 0.488 e. The molecule has 2 aromatic carbocycles. The van der Waals surface area contributed by atoms with Crippen molar-refractivity contribution >= 4 is 28.5 Å². The predicted octanol–water partition coefficient (Wildman–Crippen LogP) is 4.17. The third-order valence-electron chi connectivity index (χ3n) is 4.11. The van der Waals surface area contributed by atoms with Gasteiger partial charge in [0.15, 0.2) is 0 Å². The molecule has 0 heterocycles. The van der Waals surface area contributed by atoms with Gasteiger partial charge >= 0.3 is 7.12 Å². The fourth-order valence-electron chi connectivity index (χ4n) is 3.02. The van der Waals surface area contributed by atoms with Crippen LogP contribution in [-0.2, 0) is 12.8 Å². The lowest BCUT2D eigenvalue weighted by Gasteiger charge is -2.11. The lowest BCUT2D eigenvalue weighted by atomic mass is 9.73. The average molecular weight is 391 g/mol. The Morgan fingerprint density at radius 3 is 1.71 bits per heavy atom. The molecule has 0 saturated carbocycles. The Balaban J connectivity index is 0.000000243. The van der Waals surface area contributed by atoms with Crippen LogP contribution in [0, 0.1) is 27.7 Å². The first kappa shape index (κ1) is 20.9. The predicted molar refractivity (Wildman–Crippen MR) is 108 cm³/mol. The molecule has 0 fully saturated rings. The summed E-state index contributed by atoms with van der Waals surface area (Å²) in [5.41, 5.74) is 7.89. The smallest absolute Gasteiger partial charge is 0.423 e. The van der Waals surface area contributed by atoms with Crippen molar-refractivity contribution < 1.29 is 10.0 Å². The maximum absolute atomic E-state index is 9.16. The summed E-state index contributed by atoms with van der Waals surface area (Å²) in [6.45, 7) is 12.4. The lowest BCUT2D eigenvalue weighted by molar-refractivity contribution is 0.425. The van der Waals surface area contributed by atoms with Crippen LogP contribution < -0.4 is 5.46 Å². The second-order valence-corrected chi connectivity index (χ2v) is 7.08. The molecule has 0 aliphatic carbocycles. The van der Waals surface area contributed by atoms with Gasteiger partial charge in [0.05, 0.1) is 0 Å². The highest BCUT2D eigenvalue weighted by atomic mass is 79.9. The normalized spacial score (nSPS) is 10.2. The Labute approximate surface area is 155 Å². The van der Waals surface area contributed by atoms with E-state index in [1.54, 1.807) is 0 Å². The Kier molecular flexibility index (Phi) is 8.21. The van der Waals surface area contributed by atoms with E-state index in [9.17, 15) is 0 Å². The van der Waals surface area contributed by atoms with Crippen LogP contribution in [0.4, 0.5) is 0 Å². The quantitative estimate of drug-likeness (QED) is 0.772. The van der Waals surface area contributed by atoms with Crippen LogP contribution in [0.2, 0.25) is 0 Å². The first-order valence-corrected chi connectivity index (χ1v) is 9.22. The van der Waals surface area contributed by atoms with Gasteiger partial charge in [-0.2, -0.15) is 0 Å². The van der Waals surface area contributed by atoms with Gasteiger partial charge in [0.1, 0.15) is 0 Å². The van der Waals surface area contributed by atoms with Gasteiger partial charge in [-0.15, -0.1) is 0 Å². The molecule has 0 atom stereocenters. The molecule has 2 N–H and O–H groups in total. The van der Waals surface area contributed by atoms with E-state index in [4.69, 9.17) is 10.0 Å². The second kappa shape index (κ2) is 9.40. The van der Waals surface area contributed by atoms with E-state index in [2.05, 4.69) is 48.8 Å². The average Bonchev–Trinajstić information content (AvgIpc) is 2.50. The number of hydrogen-bond donors (Lipinski definition) is 2. The number of hydrogen-bond acceptors (Lipinski definition) is 2. The zero-order valence-electron chi connectivity index (χ0n) is 15.6. The second-order valence-electron chi connectivity index (χ2n) is 6.29. The van der Waals surface area contributed by atoms with E-state index in [-0.39, 0.29) is 0 Å². The van der Waals surface area contributed by atoms with E-state index >= 15 is 0 Å². The SMILES string of the molecule is CCc1cc(C)cc(C)c1B(O)O.CCc1cc(C)cc(C)c1Br. The number of halogens is 1. The summed E-state index contributed by atoms with van der Waals surface area (Å²) in [5.74, 6) is 0. The van der Waals surface area contributed by atoms with E-state index in [0.29, 0.717) is 5.46 Å². The number of rotatable bonds is 3. The van der Waals surface area contributed by atoms with E-state index in [1.165, 1.54) is 26.7 Å². The van der Waals surface area contributed by atoms with Crippen LogP contribution in [0.5, 0.6) is 0 Å². The van der Waals surface area contributed by atoms with E-state index < -0.39 is 7.12 Å².